The summed E-state index contributed by atoms with van der Waals surface area (Å²) < 4.78 is 7.53. The van der Waals surface area contributed by atoms with Crippen molar-refractivity contribution in [2.24, 2.45) is 0 Å². The minimum atomic E-state index is 1.17. The maximum absolute atomic E-state index is 2.45. The van der Waals surface area contributed by atoms with Gasteiger partial charge in [0.25, 0.3) is 0 Å². The van der Waals surface area contributed by atoms with E-state index >= 15 is 0 Å². The Morgan fingerprint density at radius 3 is 1.69 bits per heavy atom. The molecule has 0 radical (unpaired) electrons. The number of fused-ring (bicyclic) bond motifs is 10. The summed E-state index contributed by atoms with van der Waals surface area (Å²) in [4.78, 5) is 0. The molecule has 0 spiro atoms. The van der Waals surface area contributed by atoms with E-state index in [0.29, 0.717) is 0 Å². The fourth-order valence-electron chi connectivity index (χ4n) is 7.42. The monoisotopic (exact) mass is 590 g/mol. The summed E-state index contributed by atoms with van der Waals surface area (Å²) in [6, 6.07) is 57.5. The molecule has 0 amide bonds. The van der Waals surface area contributed by atoms with E-state index in [0.717, 1.165) is 0 Å². The quantitative estimate of drug-likeness (QED) is 0.194. The Kier molecular flexibility index (Phi) is 5.19. The van der Waals surface area contributed by atoms with E-state index in [1.165, 1.54) is 86.3 Å². The van der Waals surface area contributed by atoms with Crippen molar-refractivity contribution in [1.29, 1.82) is 0 Å². The van der Waals surface area contributed by atoms with Crippen molar-refractivity contribution in [3.63, 3.8) is 0 Å². The Morgan fingerprint density at radius 2 is 0.956 bits per heavy atom. The van der Waals surface area contributed by atoms with E-state index in [1.807, 2.05) is 11.3 Å². The fraction of sp³-hybridized carbons (Fsp3) is 0. The largest absolute Gasteiger partial charge is 0.309 e. The average Bonchev–Trinajstić information content (AvgIpc) is 3.76. The lowest BCUT2D eigenvalue weighted by Gasteiger charge is -2.10. The highest BCUT2D eigenvalue weighted by Gasteiger charge is 2.21. The van der Waals surface area contributed by atoms with Crippen LogP contribution in [0.2, 0.25) is 0 Å². The van der Waals surface area contributed by atoms with E-state index in [1.54, 1.807) is 0 Å². The van der Waals surface area contributed by atoms with Gasteiger partial charge in [-0.05, 0) is 65.7 Å². The SMILES string of the molecule is c1ccc(-n2c3ccccc3c3c4c5ccc(-c6cccc7c6sc6ccccc67)cc5n(-c5ccccc5)c4ccc32)cc1. The number of nitrogens with zero attached hydrogens (tertiary/aromatic N) is 2. The Bertz CT molecular complexity index is 2740. The van der Waals surface area contributed by atoms with Gasteiger partial charge in [0, 0.05) is 53.1 Å². The molecule has 210 valence electrons. The smallest absolute Gasteiger partial charge is 0.0548 e. The number of hydrogen-bond donors (Lipinski definition) is 0. The molecule has 0 saturated heterocycles. The summed E-state index contributed by atoms with van der Waals surface area (Å²) >= 11 is 1.89. The summed E-state index contributed by atoms with van der Waals surface area (Å²) in [5, 5.41) is 7.79. The molecule has 0 unspecified atom stereocenters. The normalized spacial score (nSPS) is 12.0. The van der Waals surface area contributed by atoms with Crippen LogP contribution in [0.5, 0.6) is 0 Å². The Balaban J connectivity index is 1.34. The zero-order valence-electron chi connectivity index (χ0n) is 24.3. The first-order valence-corrected chi connectivity index (χ1v) is 16.2. The fourth-order valence-corrected chi connectivity index (χ4v) is 8.66. The van der Waals surface area contributed by atoms with Crippen LogP contribution >= 0.6 is 11.3 Å². The molecule has 0 atom stereocenters. The molecular weight excluding hydrogens is 565 g/mol. The van der Waals surface area contributed by atoms with Crippen molar-refractivity contribution in [1.82, 2.24) is 9.13 Å². The highest BCUT2D eigenvalue weighted by atomic mass is 32.1. The number of para-hydroxylation sites is 3. The first kappa shape index (κ1) is 24.8. The number of hydrogen-bond acceptors (Lipinski definition) is 1. The molecule has 45 heavy (non-hydrogen) atoms. The van der Waals surface area contributed by atoms with Gasteiger partial charge >= 0.3 is 0 Å². The van der Waals surface area contributed by atoms with E-state index in [4.69, 9.17) is 0 Å². The standard InChI is InChI=1S/C42H26N2S/c1-3-12-28(13-4-1)43-35-20-9-7-17-33(35)40-36(43)24-25-37-41(40)34-23-22-27(26-38(34)44(37)29-14-5-2-6-15-29)30-18-11-19-32-31-16-8-10-21-39(31)45-42(30)32/h1-26H. The molecule has 3 heterocycles. The predicted octanol–water partition coefficient (Wildman–Crippen LogP) is 11.9. The van der Waals surface area contributed by atoms with Crippen molar-refractivity contribution in [3.8, 4) is 22.5 Å². The van der Waals surface area contributed by atoms with E-state index in [2.05, 4.69) is 167 Å². The van der Waals surface area contributed by atoms with Gasteiger partial charge < -0.3 is 9.13 Å². The lowest BCUT2D eigenvalue weighted by Crippen LogP contribution is -1.94. The molecule has 3 heteroatoms. The molecular formula is C42H26N2S. The zero-order chi connectivity index (χ0) is 29.5. The first-order chi connectivity index (χ1) is 22.3. The van der Waals surface area contributed by atoms with Crippen LogP contribution in [-0.4, -0.2) is 9.13 Å². The molecule has 0 N–H and O–H groups in total. The third-order valence-corrected chi connectivity index (χ3v) is 10.5. The zero-order valence-corrected chi connectivity index (χ0v) is 25.1. The average molecular weight is 591 g/mol. The number of aromatic nitrogens is 2. The van der Waals surface area contributed by atoms with Gasteiger partial charge in [-0.15, -0.1) is 11.3 Å². The minimum Gasteiger partial charge on any atom is -0.309 e. The van der Waals surface area contributed by atoms with Gasteiger partial charge in [-0.3, -0.25) is 0 Å². The molecule has 0 bridgehead atoms. The van der Waals surface area contributed by atoms with Gasteiger partial charge in [-0.2, -0.15) is 0 Å². The first-order valence-electron chi connectivity index (χ1n) is 15.4. The molecule has 0 saturated carbocycles. The summed E-state index contributed by atoms with van der Waals surface area (Å²) in [7, 11) is 0. The third kappa shape index (κ3) is 3.50. The number of rotatable bonds is 3. The summed E-state index contributed by atoms with van der Waals surface area (Å²) in [6.07, 6.45) is 0. The highest BCUT2D eigenvalue weighted by molar-refractivity contribution is 7.26. The van der Waals surface area contributed by atoms with Gasteiger partial charge in [0.15, 0.2) is 0 Å². The van der Waals surface area contributed by atoms with Crippen LogP contribution in [-0.2, 0) is 0 Å². The second-order valence-corrected chi connectivity index (χ2v) is 12.8. The van der Waals surface area contributed by atoms with Crippen LogP contribution in [0.25, 0.3) is 86.3 Å². The third-order valence-electron chi connectivity index (χ3n) is 9.31. The predicted molar refractivity (Wildman–Crippen MR) is 193 cm³/mol. The molecule has 7 aromatic carbocycles. The van der Waals surface area contributed by atoms with Crippen LogP contribution in [0.3, 0.4) is 0 Å². The van der Waals surface area contributed by atoms with Crippen molar-refractivity contribution in [2.45, 2.75) is 0 Å². The molecule has 0 aliphatic rings. The molecule has 10 rings (SSSR count). The second kappa shape index (κ2) is 9.43. The molecule has 0 aliphatic heterocycles. The van der Waals surface area contributed by atoms with Crippen LogP contribution in [0.15, 0.2) is 158 Å². The van der Waals surface area contributed by atoms with Crippen LogP contribution < -0.4 is 0 Å². The summed E-state index contributed by atoms with van der Waals surface area (Å²) in [6.45, 7) is 0. The van der Waals surface area contributed by atoms with Crippen molar-refractivity contribution >= 4 is 75.1 Å². The molecule has 3 aromatic heterocycles. The van der Waals surface area contributed by atoms with Gasteiger partial charge in [0.2, 0.25) is 0 Å². The maximum Gasteiger partial charge on any atom is 0.0548 e. The highest BCUT2D eigenvalue weighted by Crippen LogP contribution is 2.45. The van der Waals surface area contributed by atoms with E-state index in [-0.39, 0.29) is 0 Å². The van der Waals surface area contributed by atoms with E-state index in [9.17, 15) is 0 Å². The number of thiophene rings is 1. The van der Waals surface area contributed by atoms with Crippen molar-refractivity contribution in [3.05, 3.63) is 158 Å². The maximum atomic E-state index is 2.45. The lowest BCUT2D eigenvalue weighted by molar-refractivity contribution is 1.17. The van der Waals surface area contributed by atoms with Crippen molar-refractivity contribution < 1.29 is 0 Å². The summed E-state index contributed by atoms with van der Waals surface area (Å²) in [5.41, 5.74) is 9.75. The van der Waals surface area contributed by atoms with E-state index < -0.39 is 0 Å². The van der Waals surface area contributed by atoms with Crippen molar-refractivity contribution in [2.75, 3.05) is 0 Å². The minimum absolute atomic E-state index is 1.17. The lowest BCUT2D eigenvalue weighted by atomic mass is 10.00. The van der Waals surface area contributed by atoms with Crippen LogP contribution in [0.4, 0.5) is 0 Å². The molecule has 10 aromatic rings. The number of benzene rings is 7. The van der Waals surface area contributed by atoms with Gasteiger partial charge in [-0.1, -0.05) is 103 Å². The van der Waals surface area contributed by atoms with Gasteiger partial charge in [0.1, 0.15) is 0 Å². The molecule has 0 aliphatic carbocycles. The van der Waals surface area contributed by atoms with Gasteiger partial charge in [-0.25, -0.2) is 0 Å². The Hall–Kier alpha value is -5.64. The van der Waals surface area contributed by atoms with Gasteiger partial charge in [0.05, 0.1) is 22.1 Å². The molecule has 2 nitrogen and oxygen atoms in total. The van der Waals surface area contributed by atoms with Crippen LogP contribution in [0, 0.1) is 0 Å². The second-order valence-electron chi connectivity index (χ2n) is 11.7. The Labute approximate surface area is 263 Å². The summed E-state index contributed by atoms with van der Waals surface area (Å²) in [5.74, 6) is 0. The topological polar surface area (TPSA) is 9.86 Å². The Morgan fingerprint density at radius 1 is 0.378 bits per heavy atom. The van der Waals surface area contributed by atoms with Crippen LogP contribution in [0.1, 0.15) is 0 Å². The molecule has 0 fully saturated rings.